The molecular formula is C20H20N2O4S. The van der Waals surface area contributed by atoms with Crippen LogP contribution in [0.4, 0.5) is 0 Å². The quantitative estimate of drug-likeness (QED) is 0.604. The molecular weight excluding hydrogens is 364 g/mol. The largest absolute Gasteiger partial charge is 0.488 e. The molecule has 0 bridgehead atoms. The van der Waals surface area contributed by atoms with Crippen molar-refractivity contribution in [2.45, 2.75) is 26.1 Å². The van der Waals surface area contributed by atoms with Gasteiger partial charge in [0, 0.05) is 41.2 Å². The van der Waals surface area contributed by atoms with Crippen LogP contribution in [0.3, 0.4) is 0 Å². The van der Waals surface area contributed by atoms with E-state index in [9.17, 15) is 4.79 Å². The van der Waals surface area contributed by atoms with Crippen LogP contribution in [0, 0.1) is 0 Å². The highest BCUT2D eigenvalue weighted by Crippen LogP contribution is 2.24. The number of hydrogen-bond acceptors (Lipinski definition) is 6. The van der Waals surface area contributed by atoms with E-state index in [1.54, 1.807) is 36.7 Å². The number of benzene rings is 1. The average Bonchev–Trinajstić information content (AvgIpc) is 3.17. The normalized spacial score (nSPS) is 11.9. The highest BCUT2D eigenvalue weighted by molar-refractivity contribution is 7.10. The lowest BCUT2D eigenvalue weighted by molar-refractivity contribution is -0.149. The number of hydrogen-bond donors (Lipinski definition) is 1. The van der Waals surface area contributed by atoms with Gasteiger partial charge in [0.05, 0.1) is 0 Å². The molecule has 2 aromatic heterocycles. The molecule has 6 nitrogen and oxygen atoms in total. The maximum atomic E-state index is 11.2. The van der Waals surface area contributed by atoms with Crippen LogP contribution in [0.5, 0.6) is 5.75 Å². The molecule has 0 aliphatic rings. The SMILES string of the molecule is CCOC(Cc1ccc(OCc2cc(-c3ncccn3)cs2)cc1)C(=O)O. The van der Waals surface area contributed by atoms with E-state index in [0.717, 1.165) is 21.8 Å². The standard InChI is InChI=1S/C20H20N2O4S/c1-2-25-18(20(23)24)10-14-4-6-16(7-5-14)26-12-17-11-15(13-27-17)19-21-8-3-9-22-19/h3-9,11,13,18H,2,10,12H2,1H3,(H,23,24). The minimum atomic E-state index is -0.951. The van der Waals surface area contributed by atoms with Gasteiger partial charge in [-0.2, -0.15) is 0 Å². The molecule has 0 spiro atoms. The first-order valence-electron chi connectivity index (χ1n) is 8.56. The molecule has 1 N–H and O–H groups in total. The van der Waals surface area contributed by atoms with Crippen molar-refractivity contribution >= 4 is 17.3 Å². The molecule has 1 aromatic carbocycles. The maximum absolute atomic E-state index is 11.2. The van der Waals surface area contributed by atoms with E-state index in [4.69, 9.17) is 14.6 Å². The fraction of sp³-hybridized carbons (Fsp3) is 0.250. The Bertz CT molecular complexity index is 865. The van der Waals surface area contributed by atoms with Crippen molar-refractivity contribution in [3.05, 3.63) is 64.6 Å². The first-order chi connectivity index (χ1) is 13.2. The molecule has 0 amide bonds. The number of nitrogens with zero attached hydrogens (tertiary/aromatic N) is 2. The third-order valence-corrected chi connectivity index (χ3v) is 4.76. The summed E-state index contributed by atoms with van der Waals surface area (Å²) in [6.07, 6.45) is 2.94. The number of carbonyl (C=O) groups is 1. The number of aliphatic carboxylic acids is 1. The summed E-state index contributed by atoms with van der Waals surface area (Å²) in [4.78, 5) is 20.7. The zero-order valence-corrected chi connectivity index (χ0v) is 15.7. The van der Waals surface area contributed by atoms with Crippen LogP contribution in [0.2, 0.25) is 0 Å². The Morgan fingerprint density at radius 1 is 1.22 bits per heavy atom. The van der Waals surface area contributed by atoms with E-state index in [-0.39, 0.29) is 0 Å². The predicted octanol–water partition coefficient (Wildman–Crippen LogP) is 3.82. The number of carboxylic acids is 1. The first-order valence-corrected chi connectivity index (χ1v) is 9.44. The summed E-state index contributed by atoms with van der Waals surface area (Å²) in [7, 11) is 0. The Hall–Kier alpha value is -2.77. The topological polar surface area (TPSA) is 81.5 Å². The van der Waals surface area contributed by atoms with Gasteiger partial charge in [-0.05, 0) is 36.8 Å². The summed E-state index contributed by atoms with van der Waals surface area (Å²) in [5, 5.41) is 11.2. The molecule has 3 rings (SSSR count). The Morgan fingerprint density at radius 2 is 1.96 bits per heavy atom. The van der Waals surface area contributed by atoms with Crippen molar-refractivity contribution in [2.24, 2.45) is 0 Å². The van der Waals surface area contributed by atoms with Gasteiger partial charge < -0.3 is 14.6 Å². The number of ether oxygens (including phenoxy) is 2. The molecule has 0 aliphatic heterocycles. The van der Waals surface area contributed by atoms with Gasteiger partial charge in [0.15, 0.2) is 11.9 Å². The van der Waals surface area contributed by atoms with Crippen molar-refractivity contribution in [1.29, 1.82) is 0 Å². The second-order valence-corrected chi connectivity index (χ2v) is 6.79. The maximum Gasteiger partial charge on any atom is 0.333 e. The van der Waals surface area contributed by atoms with Gasteiger partial charge in [0.1, 0.15) is 12.4 Å². The molecule has 0 saturated heterocycles. The summed E-state index contributed by atoms with van der Waals surface area (Å²) in [6.45, 7) is 2.61. The lowest BCUT2D eigenvalue weighted by atomic mass is 10.1. The van der Waals surface area contributed by atoms with Gasteiger partial charge in [-0.25, -0.2) is 14.8 Å². The third kappa shape index (κ3) is 5.35. The van der Waals surface area contributed by atoms with Gasteiger partial charge in [-0.1, -0.05) is 12.1 Å². The lowest BCUT2D eigenvalue weighted by Crippen LogP contribution is -2.26. The highest BCUT2D eigenvalue weighted by Gasteiger charge is 2.17. The zero-order chi connectivity index (χ0) is 19.1. The van der Waals surface area contributed by atoms with Crippen molar-refractivity contribution in [3.8, 4) is 17.1 Å². The third-order valence-electron chi connectivity index (χ3n) is 3.85. The molecule has 2 heterocycles. The number of carboxylic acid groups (broad SMARTS) is 1. The van der Waals surface area contributed by atoms with Gasteiger partial charge >= 0.3 is 5.97 Å². The van der Waals surface area contributed by atoms with E-state index in [1.807, 2.05) is 35.7 Å². The Labute approximate surface area is 161 Å². The van der Waals surface area contributed by atoms with Crippen LogP contribution in [-0.4, -0.2) is 33.8 Å². The summed E-state index contributed by atoms with van der Waals surface area (Å²) < 4.78 is 11.1. The van der Waals surface area contributed by atoms with E-state index in [0.29, 0.717) is 25.5 Å². The smallest absolute Gasteiger partial charge is 0.333 e. The van der Waals surface area contributed by atoms with Crippen molar-refractivity contribution < 1.29 is 19.4 Å². The summed E-state index contributed by atoms with van der Waals surface area (Å²) in [5.74, 6) is 0.479. The molecule has 3 aromatic rings. The molecule has 27 heavy (non-hydrogen) atoms. The summed E-state index contributed by atoms with van der Waals surface area (Å²) in [6, 6.07) is 11.2. The Kier molecular flexibility index (Phi) is 6.51. The van der Waals surface area contributed by atoms with E-state index in [2.05, 4.69) is 9.97 Å². The van der Waals surface area contributed by atoms with Crippen molar-refractivity contribution in [2.75, 3.05) is 6.61 Å². The van der Waals surface area contributed by atoms with E-state index < -0.39 is 12.1 Å². The number of rotatable bonds is 9. The molecule has 1 atom stereocenters. The first kappa shape index (κ1) is 19.0. The Morgan fingerprint density at radius 3 is 2.63 bits per heavy atom. The fourth-order valence-electron chi connectivity index (χ4n) is 2.53. The molecule has 0 radical (unpaired) electrons. The highest BCUT2D eigenvalue weighted by atomic mass is 32.1. The van der Waals surface area contributed by atoms with Gasteiger partial charge in [-0.3, -0.25) is 0 Å². The van der Waals surface area contributed by atoms with Gasteiger partial charge in [-0.15, -0.1) is 11.3 Å². The molecule has 0 saturated carbocycles. The second kappa shape index (κ2) is 9.25. The van der Waals surface area contributed by atoms with Crippen molar-refractivity contribution in [3.63, 3.8) is 0 Å². The van der Waals surface area contributed by atoms with Crippen LogP contribution < -0.4 is 4.74 Å². The minimum absolute atomic E-state index is 0.328. The summed E-state index contributed by atoms with van der Waals surface area (Å²) >= 11 is 1.60. The zero-order valence-electron chi connectivity index (χ0n) is 14.9. The molecule has 140 valence electrons. The fourth-order valence-corrected chi connectivity index (χ4v) is 3.30. The molecule has 1 unspecified atom stereocenters. The molecule has 0 aliphatic carbocycles. The van der Waals surface area contributed by atoms with Crippen LogP contribution in [-0.2, 0) is 22.6 Å². The summed E-state index contributed by atoms with van der Waals surface area (Å²) in [5.41, 5.74) is 1.87. The van der Waals surface area contributed by atoms with Crippen LogP contribution in [0.15, 0.2) is 54.2 Å². The van der Waals surface area contributed by atoms with Crippen LogP contribution >= 0.6 is 11.3 Å². The monoisotopic (exact) mass is 384 g/mol. The van der Waals surface area contributed by atoms with E-state index >= 15 is 0 Å². The number of thiophene rings is 1. The second-order valence-electron chi connectivity index (χ2n) is 5.79. The predicted molar refractivity (Wildman–Crippen MR) is 103 cm³/mol. The van der Waals surface area contributed by atoms with Crippen LogP contribution in [0.1, 0.15) is 17.4 Å². The van der Waals surface area contributed by atoms with Crippen molar-refractivity contribution in [1.82, 2.24) is 9.97 Å². The number of aromatic nitrogens is 2. The van der Waals surface area contributed by atoms with Gasteiger partial charge in [0.2, 0.25) is 0 Å². The van der Waals surface area contributed by atoms with Crippen LogP contribution in [0.25, 0.3) is 11.4 Å². The molecule has 0 fully saturated rings. The van der Waals surface area contributed by atoms with Gasteiger partial charge in [0.25, 0.3) is 0 Å². The lowest BCUT2D eigenvalue weighted by Gasteiger charge is -2.12. The Balaban J connectivity index is 1.56. The molecule has 7 heteroatoms. The minimum Gasteiger partial charge on any atom is -0.488 e. The van der Waals surface area contributed by atoms with E-state index in [1.165, 1.54) is 0 Å². The average molecular weight is 384 g/mol.